The van der Waals surface area contributed by atoms with Crippen molar-refractivity contribution in [1.82, 2.24) is 5.32 Å². The third kappa shape index (κ3) is 6.03. The van der Waals surface area contributed by atoms with Gasteiger partial charge in [0.2, 0.25) is 0 Å². The van der Waals surface area contributed by atoms with Crippen LogP contribution >= 0.6 is 0 Å². The molecule has 2 N–H and O–H groups in total. The predicted octanol–water partition coefficient (Wildman–Crippen LogP) is 2.47. The molecule has 0 atom stereocenters. The van der Waals surface area contributed by atoms with Crippen molar-refractivity contribution in [2.45, 2.75) is 33.1 Å². The van der Waals surface area contributed by atoms with Gasteiger partial charge in [0.25, 0.3) is 5.91 Å². The Hall–Kier alpha value is -2.24. The summed E-state index contributed by atoms with van der Waals surface area (Å²) in [5.74, 6) is -0.571. The average molecular weight is 309 g/mol. The Kier molecular flexibility index (Phi) is 7.81. The largest absolute Gasteiger partial charge is 0.490 e. The van der Waals surface area contributed by atoms with Gasteiger partial charge in [0.1, 0.15) is 0 Å². The molecule has 0 saturated heterocycles. The summed E-state index contributed by atoms with van der Waals surface area (Å²) < 4.78 is 10.5. The number of carbonyl (C=O) groups is 2. The van der Waals surface area contributed by atoms with Crippen LogP contribution in [0.5, 0.6) is 11.5 Å². The van der Waals surface area contributed by atoms with Gasteiger partial charge in [-0.2, -0.15) is 0 Å². The summed E-state index contributed by atoms with van der Waals surface area (Å²) in [7, 11) is 0. The lowest BCUT2D eigenvalue weighted by molar-refractivity contribution is -0.139. The number of unbranched alkanes of at least 4 members (excludes halogenated alkanes) is 2. The van der Waals surface area contributed by atoms with Crippen LogP contribution in [0.3, 0.4) is 0 Å². The maximum atomic E-state index is 12.0. The van der Waals surface area contributed by atoms with E-state index in [2.05, 4.69) is 12.2 Å². The number of carboxylic acids is 1. The molecule has 0 aromatic heterocycles. The summed E-state index contributed by atoms with van der Waals surface area (Å²) in [6, 6.07) is 4.71. The van der Waals surface area contributed by atoms with E-state index in [-0.39, 0.29) is 5.91 Å². The van der Waals surface area contributed by atoms with Crippen LogP contribution in [-0.2, 0) is 4.79 Å². The molecule has 0 unspecified atom stereocenters. The number of carboxylic acid groups (broad SMARTS) is 1. The Bertz CT molecular complexity index is 501. The van der Waals surface area contributed by atoms with Crippen LogP contribution in [0, 0.1) is 0 Å². The van der Waals surface area contributed by atoms with Gasteiger partial charge in [-0.15, -0.1) is 0 Å². The number of nitrogens with one attached hydrogen (secondary N) is 1. The standard InChI is InChI=1S/C16H23NO5/c1-3-5-6-9-17-16(20)12-7-8-13(22-11-15(18)19)14(10-12)21-4-2/h7-8,10H,3-6,9,11H2,1-2H3,(H,17,20)(H,18,19). The maximum Gasteiger partial charge on any atom is 0.341 e. The molecule has 6 nitrogen and oxygen atoms in total. The number of hydrogen-bond acceptors (Lipinski definition) is 4. The highest BCUT2D eigenvalue weighted by Crippen LogP contribution is 2.28. The second-order valence-corrected chi connectivity index (χ2v) is 4.74. The van der Waals surface area contributed by atoms with E-state index in [0.717, 1.165) is 19.3 Å². The SMILES string of the molecule is CCCCCNC(=O)c1ccc(OCC(=O)O)c(OCC)c1. The molecule has 0 radical (unpaired) electrons. The Morgan fingerprint density at radius 3 is 2.55 bits per heavy atom. The highest BCUT2D eigenvalue weighted by molar-refractivity contribution is 5.94. The number of amides is 1. The average Bonchev–Trinajstić information content (AvgIpc) is 2.50. The molecule has 6 heteroatoms. The molecule has 0 aliphatic rings. The fraction of sp³-hybridized carbons (Fsp3) is 0.500. The quantitative estimate of drug-likeness (QED) is 0.649. The Balaban J connectivity index is 2.73. The molecular weight excluding hydrogens is 286 g/mol. The minimum Gasteiger partial charge on any atom is -0.490 e. The first kappa shape index (κ1) is 17.8. The normalized spacial score (nSPS) is 10.1. The molecule has 0 aliphatic carbocycles. The molecular formula is C16H23NO5. The molecule has 22 heavy (non-hydrogen) atoms. The molecule has 1 rings (SSSR count). The van der Waals surface area contributed by atoms with Crippen molar-refractivity contribution in [1.29, 1.82) is 0 Å². The zero-order chi connectivity index (χ0) is 16.4. The van der Waals surface area contributed by atoms with Gasteiger partial charge in [-0.3, -0.25) is 4.79 Å². The number of ether oxygens (including phenoxy) is 2. The Morgan fingerprint density at radius 1 is 1.14 bits per heavy atom. The summed E-state index contributed by atoms with van der Waals surface area (Å²) in [4.78, 5) is 22.6. The van der Waals surface area contributed by atoms with Crippen LogP contribution in [0.4, 0.5) is 0 Å². The van der Waals surface area contributed by atoms with Gasteiger partial charge in [-0.05, 0) is 31.5 Å². The van der Waals surface area contributed by atoms with Gasteiger partial charge in [0, 0.05) is 12.1 Å². The first-order valence-corrected chi connectivity index (χ1v) is 7.48. The van der Waals surface area contributed by atoms with Crippen molar-refractivity contribution in [3.63, 3.8) is 0 Å². The van der Waals surface area contributed by atoms with Crippen molar-refractivity contribution in [2.75, 3.05) is 19.8 Å². The Morgan fingerprint density at radius 2 is 1.91 bits per heavy atom. The third-order valence-corrected chi connectivity index (χ3v) is 2.92. The predicted molar refractivity (Wildman–Crippen MR) is 82.6 cm³/mol. The number of carbonyl (C=O) groups excluding carboxylic acids is 1. The summed E-state index contributed by atoms with van der Waals surface area (Å²) in [5.41, 5.74) is 0.461. The fourth-order valence-corrected chi connectivity index (χ4v) is 1.86. The van der Waals surface area contributed by atoms with Gasteiger partial charge in [-0.1, -0.05) is 19.8 Å². The topological polar surface area (TPSA) is 84.9 Å². The maximum absolute atomic E-state index is 12.0. The highest BCUT2D eigenvalue weighted by atomic mass is 16.5. The van der Waals surface area contributed by atoms with Gasteiger partial charge in [-0.25, -0.2) is 4.79 Å². The van der Waals surface area contributed by atoms with E-state index in [4.69, 9.17) is 14.6 Å². The zero-order valence-corrected chi connectivity index (χ0v) is 13.1. The first-order valence-electron chi connectivity index (χ1n) is 7.48. The lowest BCUT2D eigenvalue weighted by atomic mass is 10.2. The molecule has 0 bridgehead atoms. The number of aliphatic carboxylic acids is 1. The number of benzene rings is 1. The number of rotatable bonds is 10. The summed E-state index contributed by atoms with van der Waals surface area (Å²) >= 11 is 0. The van der Waals surface area contributed by atoms with Crippen LogP contribution < -0.4 is 14.8 Å². The molecule has 0 saturated carbocycles. The molecule has 0 fully saturated rings. The lowest BCUT2D eigenvalue weighted by Crippen LogP contribution is -2.24. The lowest BCUT2D eigenvalue weighted by Gasteiger charge is -2.12. The van der Waals surface area contributed by atoms with E-state index in [9.17, 15) is 9.59 Å². The van der Waals surface area contributed by atoms with Crippen molar-refractivity contribution >= 4 is 11.9 Å². The fourth-order valence-electron chi connectivity index (χ4n) is 1.86. The van der Waals surface area contributed by atoms with Gasteiger partial charge >= 0.3 is 5.97 Å². The van der Waals surface area contributed by atoms with E-state index in [1.165, 1.54) is 0 Å². The smallest absolute Gasteiger partial charge is 0.341 e. The molecule has 1 amide bonds. The van der Waals surface area contributed by atoms with Crippen molar-refractivity contribution < 1.29 is 24.2 Å². The molecule has 122 valence electrons. The van der Waals surface area contributed by atoms with Crippen LogP contribution in [0.1, 0.15) is 43.5 Å². The molecule has 1 aromatic carbocycles. The summed E-state index contributed by atoms with van der Waals surface area (Å²) in [6.45, 7) is 4.48. The van der Waals surface area contributed by atoms with Crippen LogP contribution in [0.25, 0.3) is 0 Å². The zero-order valence-electron chi connectivity index (χ0n) is 13.1. The third-order valence-electron chi connectivity index (χ3n) is 2.92. The first-order chi connectivity index (χ1) is 10.6. The van der Waals surface area contributed by atoms with Gasteiger partial charge in [0.15, 0.2) is 18.1 Å². The summed E-state index contributed by atoms with van der Waals surface area (Å²) in [5, 5.41) is 11.5. The monoisotopic (exact) mass is 309 g/mol. The van der Waals surface area contributed by atoms with Crippen molar-refractivity contribution in [3.8, 4) is 11.5 Å². The molecule has 0 spiro atoms. The van der Waals surface area contributed by atoms with Crippen LogP contribution in [-0.4, -0.2) is 36.7 Å². The van der Waals surface area contributed by atoms with Gasteiger partial charge < -0.3 is 19.9 Å². The highest BCUT2D eigenvalue weighted by Gasteiger charge is 2.12. The molecule has 0 heterocycles. The minimum atomic E-state index is -1.07. The van der Waals surface area contributed by atoms with E-state index in [0.29, 0.717) is 30.2 Å². The molecule has 0 aliphatic heterocycles. The van der Waals surface area contributed by atoms with E-state index >= 15 is 0 Å². The summed E-state index contributed by atoms with van der Waals surface area (Å²) in [6.07, 6.45) is 3.12. The second kappa shape index (κ2) is 9.65. The van der Waals surface area contributed by atoms with Crippen molar-refractivity contribution in [3.05, 3.63) is 23.8 Å². The number of hydrogen-bond donors (Lipinski definition) is 2. The van der Waals surface area contributed by atoms with Crippen LogP contribution in [0.2, 0.25) is 0 Å². The van der Waals surface area contributed by atoms with Gasteiger partial charge in [0.05, 0.1) is 6.61 Å². The minimum absolute atomic E-state index is 0.179. The van der Waals surface area contributed by atoms with Crippen molar-refractivity contribution in [2.24, 2.45) is 0 Å². The molecule has 1 aromatic rings. The Labute approximate surface area is 130 Å². The van der Waals surface area contributed by atoms with E-state index < -0.39 is 12.6 Å². The van der Waals surface area contributed by atoms with E-state index in [1.54, 1.807) is 25.1 Å². The van der Waals surface area contributed by atoms with E-state index in [1.807, 2.05) is 0 Å². The van der Waals surface area contributed by atoms with Crippen LogP contribution in [0.15, 0.2) is 18.2 Å². The second-order valence-electron chi connectivity index (χ2n) is 4.74.